The zero-order chi connectivity index (χ0) is 12.8. The van der Waals surface area contributed by atoms with Crippen LogP contribution in [0.15, 0.2) is 12.1 Å². The van der Waals surface area contributed by atoms with Gasteiger partial charge in [-0.3, -0.25) is 9.59 Å². The summed E-state index contributed by atoms with van der Waals surface area (Å²) < 4.78 is 1.93. The summed E-state index contributed by atoms with van der Waals surface area (Å²) in [5.74, 6) is -0.962. The Balaban J connectivity index is 2.38. The van der Waals surface area contributed by atoms with Crippen molar-refractivity contribution in [2.45, 2.75) is 38.8 Å². The normalized spacial score (nSPS) is 12.4. The molecule has 1 aromatic heterocycles. The Labute approximate surface area is 100 Å². The van der Waals surface area contributed by atoms with E-state index in [1.165, 1.54) is 0 Å². The number of carboxylic acids is 1. The zero-order valence-corrected chi connectivity index (χ0v) is 9.93. The number of hydrogen-bond acceptors (Lipinski definition) is 3. The van der Waals surface area contributed by atoms with Crippen LogP contribution < -0.4 is 5.73 Å². The first-order valence-electron chi connectivity index (χ1n) is 5.66. The number of rotatable bonds is 7. The molecule has 17 heavy (non-hydrogen) atoms. The van der Waals surface area contributed by atoms with E-state index in [1.807, 2.05) is 17.6 Å². The van der Waals surface area contributed by atoms with Crippen molar-refractivity contribution in [1.29, 1.82) is 0 Å². The second-order valence-electron chi connectivity index (χ2n) is 4.11. The average molecular weight is 238 g/mol. The van der Waals surface area contributed by atoms with Crippen molar-refractivity contribution >= 4 is 12.3 Å². The number of nitrogens with two attached hydrogens (primary N) is 1. The molecule has 0 aliphatic heterocycles. The summed E-state index contributed by atoms with van der Waals surface area (Å²) in [7, 11) is 0. The minimum Gasteiger partial charge on any atom is -0.480 e. The van der Waals surface area contributed by atoms with E-state index in [2.05, 4.69) is 0 Å². The summed E-state index contributed by atoms with van der Waals surface area (Å²) in [5, 5.41) is 8.62. The van der Waals surface area contributed by atoms with Crippen LogP contribution in [0.1, 0.15) is 35.4 Å². The minimum absolute atomic E-state index is 0.464. The van der Waals surface area contributed by atoms with Crippen molar-refractivity contribution in [2.24, 2.45) is 5.73 Å². The highest BCUT2D eigenvalue weighted by Crippen LogP contribution is 2.09. The maximum absolute atomic E-state index is 10.8. The quantitative estimate of drug-likeness (QED) is 0.552. The molecule has 5 heteroatoms. The summed E-state index contributed by atoms with van der Waals surface area (Å²) in [6.07, 6.45) is 2.85. The largest absolute Gasteiger partial charge is 0.480 e. The van der Waals surface area contributed by atoms with Crippen molar-refractivity contribution < 1.29 is 14.7 Å². The van der Waals surface area contributed by atoms with Crippen LogP contribution in [-0.2, 0) is 11.3 Å². The first kappa shape index (κ1) is 13.4. The number of aryl methyl sites for hydroxylation is 1. The van der Waals surface area contributed by atoms with E-state index in [9.17, 15) is 9.59 Å². The molecule has 0 fully saturated rings. The van der Waals surface area contributed by atoms with Crippen molar-refractivity contribution in [3.63, 3.8) is 0 Å². The number of aromatic nitrogens is 1. The lowest BCUT2D eigenvalue weighted by Gasteiger charge is -2.09. The van der Waals surface area contributed by atoms with Crippen molar-refractivity contribution in [3.05, 3.63) is 23.5 Å². The number of carboxylic acid groups (broad SMARTS) is 1. The highest BCUT2D eigenvalue weighted by atomic mass is 16.4. The molecule has 0 aliphatic carbocycles. The summed E-state index contributed by atoms with van der Waals surface area (Å²) in [4.78, 5) is 21.3. The molecule has 0 unspecified atom stereocenters. The first-order chi connectivity index (χ1) is 8.06. The van der Waals surface area contributed by atoms with Gasteiger partial charge in [-0.25, -0.2) is 0 Å². The van der Waals surface area contributed by atoms with Gasteiger partial charge in [-0.1, -0.05) is 0 Å². The number of nitrogens with zero attached hydrogens (tertiary/aromatic N) is 1. The van der Waals surface area contributed by atoms with Gasteiger partial charge in [-0.15, -0.1) is 0 Å². The second-order valence-corrected chi connectivity index (χ2v) is 4.11. The van der Waals surface area contributed by atoms with E-state index in [1.54, 1.807) is 6.07 Å². The maximum atomic E-state index is 10.8. The molecule has 0 spiro atoms. The van der Waals surface area contributed by atoms with E-state index in [0.29, 0.717) is 12.1 Å². The molecule has 3 N–H and O–H groups in total. The Morgan fingerprint density at radius 1 is 1.53 bits per heavy atom. The Kier molecular flexibility index (Phi) is 4.90. The molecule has 94 valence electrons. The predicted octanol–water partition coefficient (Wildman–Crippen LogP) is 1.19. The van der Waals surface area contributed by atoms with Gasteiger partial charge in [0.1, 0.15) is 6.04 Å². The van der Waals surface area contributed by atoms with Gasteiger partial charge in [0.2, 0.25) is 0 Å². The highest BCUT2D eigenvalue weighted by molar-refractivity contribution is 5.73. The van der Waals surface area contributed by atoms with Gasteiger partial charge in [0.05, 0.1) is 5.69 Å². The van der Waals surface area contributed by atoms with Crippen LogP contribution in [-0.4, -0.2) is 28.0 Å². The molecule has 0 saturated heterocycles. The number of carbonyl (C=O) groups is 2. The Hall–Kier alpha value is -1.62. The number of unbranched alkanes of at least 4 members (excludes halogenated alkanes) is 1. The third-order valence-corrected chi connectivity index (χ3v) is 2.82. The second kappa shape index (κ2) is 6.20. The monoisotopic (exact) mass is 238 g/mol. The van der Waals surface area contributed by atoms with Crippen LogP contribution in [0.25, 0.3) is 0 Å². The molecule has 0 amide bonds. The molecule has 1 heterocycles. The van der Waals surface area contributed by atoms with Crippen molar-refractivity contribution in [1.82, 2.24) is 4.57 Å². The maximum Gasteiger partial charge on any atom is 0.320 e. The number of hydrogen-bond donors (Lipinski definition) is 2. The molecule has 1 aromatic rings. The van der Waals surface area contributed by atoms with Gasteiger partial charge < -0.3 is 15.4 Å². The van der Waals surface area contributed by atoms with Crippen molar-refractivity contribution in [3.8, 4) is 0 Å². The topological polar surface area (TPSA) is 85.3 Å². The number of carbonyl (C=O) groups excluding carboxylic acids is 1. The summed E-state index contributed by atoms with van der Waals surface area (Å²) in [6, 6.07) is 2.89. The van der Waals surface area contributed by atoms with Gasteiger partial charge >= 0.3 is 5.97 Å². The first-order valence-corrected chi connectivity index (χ1v) is 5.66. The van der Waals surface area contributed by atoms with Gasteiger partial charge in [0.25, 0.3) is 0 Å². The van der Waals surface area contributed by atoms with E-state index in [-0.39, 0.29) is 0 Å². The van der Waals surface area contributed by atoms with E-state index in [4.69, 9.17) is 10.8 Å². The summed E-state index contributed by atoms with van der Waals surface area (Å²) in [5.41, 5.74) is 7.09. The lowest BCUT2D eigenvalue weighted by atomic mass is 10.1. The van der Waals surface area contributed by atoms with Crippen LogP contribution >= 0.6 is 0 Å². The molecule has 5 nitrogen and oxygen atoms in total. The number of aldehydes is 1. The smallest absolute Gasteiger partial charge is 0.320 e. The van der Waals surface area contributed by atoms with Gasteiger partial charge in [-0.05, 0) is 38.3 Å². The lowest BCUT2D eigenvalue weighted by molar-refractivity contribution is -0.138. The molecule has 0 bridgehead atoms. The van der Waals surface area contributed by atoms with Crippen LogP contribution in [0.2, 0.25) is 0 Å². The summed E-state index contributed by atoms with van der Waals surface area (Å²) in [6.45, 7) is 2.66. The Morgan fingerprint density at radius 3 is 2.82 bits per heavy atom. The molecule has 0 saturated carbocycles. The van der Waals surface area contributed by atoms with Crippen LogP contribution in [0.5, 0.6) is 0 Å². The van der Waals surface area contributed by atoms with Crippen LogP contribution in [0, 0.1) is 6.92 Å². The van der Waals surface area contributed by atoms with E-state index >= 15 is 0 Å². The van der Waals surface area contributed by atoms with Crippen LogP contribution in [0.4, 0.5) is 0 Å². The molecule has 1 rings (SSSR count). The number of aliphatic carboxylic acids is 1. The Bertz CT molecular complexity index is 398. The molecule has 0 radical (unpaired) electrons. The molecular weight excluding hydrogens is 220 g/mol. The zero-order valence-electron chi connectivity index (χ0n) is 9.93. The molecule has 0 aliphatic rings. The SMILES string of the molecule is Cc1ccc(C=O)n1CCCC[C@H](N)C(=O)O. The predicted molar refractivity (Wildman–Crippen MR) is 64.0 cm³/mol. The highest BCUT2D eigenvalue weighted by Gasteiger charge is 2.10. The standard InChI is InChI=1S/C12H18N2O3/c1-9-5-6-10(8-15)14(9)7-3-2-4-11(13)12(16)17/h5-6,8,11H,2-4,7,13H2,1H3,(H,16,17)/t11-/m0/s1. The lowest BCUT2D eigenvalue weighted by Crippen LogP contribution is -2.29. The summed E-state index contributed by atoms with van der Waals surface area (Å²) >= 11 is 0. The Morgan fingerprint density at radius 2 is 2.24 bits per heavy atom. The molecule has 0 aromatic carbocycles. The fraction of sp³-hybridized carbons (Fsp3) is 0.500. The van der Waals surface area contributed by atoms with Crippen molar-refractivity contribution in [2.75, 3.05) is 0 Å². The van der Waals surface area contributed by atoms with E-state index in [0.717, 1.165) is 31.4 Å². The molecular formula is C12H18N2O3. The third kappa shape index (κ3) is 3.71. The van der Waals surface area contributed by atoms with Crippen LogP contribution in [0.3, 0.4) is 0 Å². The van der Waals surface area contributed by atoms with Gasteiger partial charge in [-0.2, -0.15) is 0 Å². The molecule has 1 atom stereocenters. The fourth-order valence-corrected chi connectivity index (χ4v) is 1.76. The third-order valence-electron chi connectivity index (χ3n) is 2.82. The van der Waals surface area contributed by atoms with E-state index < -0.39 is 12.0 Å². The minimum atomic E-state index is -0.962. The fourth-order valence-electron chi connectivity index (χ4n) is 1.76. The average Bonchev–Trinajstić information content (AvgIpc) is 2.65. The van der Waals surface area contributed by atoms with Gasteiger partial charge in [0, 0.05) is 12.2 Å². The van der Waals surface area contributed by atoms with Gasteiger partial charge in [0.15, 0.2) is 6.29 Å².